The molecule has 0 spiro atoms. The van der Waals surface area contributed by atoms with Gasteiger partial charge in [-0.1, -0.05) is 12.5 Å². The first-order valence-electron chi connectivity index (χ1n) is 7.11. The van der Waals surface area contributed by atoms with Crippen molar-refractivity contribution in [3.63, 3.8) is 0 Å². The second-order valence-electron chi connectivity index (χ2n) is 4.89. The standard InChI is InChI=1S/C15H20N2O3S/c1-20-14(19)8-3-2-6-10-17-13(18)11-21-15(17)12-7-4-5-9-16-12/h4-5,7,9,15H,2-3,6,8,10-11H2,1H3. The van der Waals surface area contributed by atoms with Crippen LogP contribution in [-0.4, -0.2) is 41.2 Å². The van der Waals surface area contributed by atoms with Crippen molar-refractivity contribution in [3.8, 4) is 0 Å². The van der Waals surface area contributed by atoms with E-state index in [1.807, 2.05) is 23.1 Å². The Morgan fingerprint density at radius 2 is 2.29 bits per heavy atom. The van der Waals surface area contributed by atoms with Crippen LogP contribution in [0.2, 0.25) is 0 Å². The van der Waals surface area contributed by atoms with Crippen molar-refractivity contribution in [1.82, 2.24) is 9.88 Å². The summed E-state index contributed by atoms with van der Waals surface area (Å²) < 4.78 is 4.61. The molecule has 1 amide bonds. The molecule has 1 aliphatic rings. The zero-order chi connectivity index (χ0) is 15.1. The van der Waals surface area contributed by atoms with Crippen LogP contribution in [0, 0.1) is 0 Å². The summed E-state index contributed by atoms with van der Waals surface area (Å²) in [5.41, 5.74) is 0.933. The van der Waals surface area contributed by atoms with Gasteiger partial charge in [-0.3, -0.25) is 14.6 Å². The van der Waals surface area contributed by atoms with E-state index in [1.54, 1.807) is 18.0 Å². The van der Waals surface area contributed by atoms with Gasteiger partial charge in [-0.25, -0.2) is 0 Å². The van der Waals surface area contributed by atoms with Crippen LogP contribution in [0.5, 0.6) is 0 Å². The van der Waals surface area contributed by atoms with Gasteiger partial charge in [0.15, 0.2) is 0 Å². The molecular formula is C15H20N2O3S. The molecule has 1 aliphatic heterocycles. The number of amides is 1. The lowest BCUT2D eigenvalue weighted by Crippen LogP contribution is -2.29. The lowest BCUT2D eigenvalue weighted by Gasteiger charge is -2.23. The van der Waals surface area contributed by atoms with Crippen molar-refractivity contribution < 1.29 is 14.3 Å². The number of esters is 1. The number of carbonyl (C=O) groups excluding carboxylic acids is 2. The van der Waals surface area contributed by atoms with Gasteiger partial charge in [0.1, 0.15) is 5.37 Å². The molecule has 1 aromatic heterocycles. The molecule has 21 heavy (non-hydrogen) atoms. The minimum Gasteiger partial charge on any atom is -0.469 e. The topological polar surface area (TPSA) is 59.5 Å². The van der Waals surface area contributed by atoms with Crippen LogP contribution >= 0.6 is 11.8 Å². The van der Waals surface area contributed by atoms with E-state index >= 15 is 0 Å². The third-order valence-electron chi connectivity index (χ3n) is 3.42. The van der Waals surface area contributed by atoms with Crippen LogP contribution in [0.15, 0.2) is 24.4 Å². The molecule has 0 radical (unpaired) electrons. The van der Waals surface area contributed by atoms with Gasteiger partial charge in [0, 0.05) is 19.2 Å². The summed E-state index contributed by atoms with van der Waals surface area (Å²) >= 11 is 1.62. The van der Waals surface area contributed by atoms with Crippen molar-refractivity contribution >= 4 is 23.6 Å². The number of aromatic nitrogens is 1. The van der Waals surface area contributed by atoms with E-state index in [4.69, 9.17) is 0 Å². The Morgan fingerprint density at radius 3 is 3.00 bits per heavy atom. The Kier molecular flexibility index (Phi) is 6.04. The van der Waals surface area contributed by atoms with Crippen LogP contribution in [0.25, 0.3) is 0 Å². The predicted octanol–water partition coefficient (Wildman–Crippen LogP) is 2.39. The minimum atomic E-state index is -0.172. The maximum absolute atomic E-state index is 12.0. The SMILES string of the molecule is COC(=O)CCCCCN1C(=O)CSC1c1ccccn1. The molecular weight excluding hydrogens is 288 g/mol. The second-order valence-corrected chi connectivity index (χ2v) is 5.96. The zero-order valence-electron chi connectivity index (χ0n) is 12.2. The summed E-state index contributed by atoms with van der Waals surface area (Å²) in [6.07, 6.45) is 4.82. The van der Waals surface area contributed by atoms with Gasteiger partial charge < -0.3 is 9.64 Å². The molecule has 2 rings (SSSR count). The van der Waals surface area contributed by atoms with Gasteiger partial charge in [-0.15, -0.1) is 11.8 Å². The van der Waals surface area contributed by atoms with Crippen molar-refractivity contribution in [2.75, 3.05) is 19.4 Å². The molecule has 1 unspecified atom stereocenters. The Morgan fingerprint density at radius 1 is 1.43 bits per heavy atom. The van der Waals surface area contributed by atoms with Crippen LogP contribution in [0.3, 0.4) is 0 Å². The number of rotatable bonds is 7. The predicted molar refractivity (Wildman–Crippen MR) is 81.6 cm³/mol. The first-order chi connectivity index (χ1) is 10.2. The third kappa shape index (κ3) is 4.46. The number of hydrogen-bond donors (Lipinski definition) is 0. The van der Waals surface area contributed by atoms with Crippen LogP contribution in [0.1, 0.15) is 36.8 Å². The first-order valence-corrected chi connectivity index (χ1v) is 8.16. The van der Waals surface area contributed by atoms with E-state index < -0.39 is 0 Å². The van der Waals surface area contributed by atoms with E-state index in [1.165, 1.54) is 7.11 Å². The molecule has 0 bridgehead atoms. The number of pyridine rings is 1. The first kappa shape index (κ1) is 15.8. The summed E-state index contributed by atoms with van der Waals surface area (Å²) in [7, 11) is 1.40. The molecule has 0 N–H and O–H groups in total. The lowest BCUT2D eigenvalue weighted by atomic mass is 10.2. The van der Waals surface area contributed by atoms with Crippen LogP contribution in [0.4, 0.5) is 0 Å². The van der Waals surface area contributed by atoms with Gasteiger partial charge in [0.2, 0.25) is 5.91 Å². The maximum Gasteiger partial charge on any atom is 0.305 e. The highest BCUT2D eigenvalue weighted by Gasteiger charge is 2.32. The smallest absolute Gasteiger partial charge is 0.305 e. The van der Waals surface area contributed by atoms with Crippen LogP contribution in [-0.2, 0) is 14.3 Å². The molecule has 1 aromatic rings. The highest BCUT2D eigenvalue weighted by atomic mass is 32.2. The fourth-order valence-electron chi connectivity index (χ4n) is 2.29. The highest BCUT2D eigenvalue weighted by Crippen LogP contribution is 2.37. The molecule has 1 saturated heterocycles. The fraction of sp³-hybridized carbons (Fsp3) is 0.533. The van der Waals surface area contributed by atoms with Gasteiger partial charge in [0.25, 0.3) is 0 Å². The molecule has 0 aromatic carbocycles. The summed E-state index contributed by atoms with van der Waals surface area (Å²) in [6.45, 7) is 0.717. The highest BCUT2D eigenvalue weighted by molar-refractivity contribution is 8.00. The Hall–Kier alpha value is -1.56. The molecule has 1 fully saturated rings. The van der Waals surface area contributed by atoms with E-state index in [-0.39, 0.29) is 17.3 Å². The monoisotopic (exact) mass is 308 g/mol. The van der Waals surface area contributed by atoms with E-state index in [9.17, 15) is 9.59 Å². The average molecular weight is 308 g/mol. The minimum absolute atomic E-state index is 0.0271. The third-order valence-corrected chi connectivity index (χ3v) is 4.64. The number of thioether (sulfide) groups is 1. The fourth-order valence-corrected chi connectivity index (χ4v) is 3.47. The van der Waals surface area contributed by atoms with Gasteiger partial charge in [-0.2, -0.15) is 0 Å². The molecule has 0 saturated carbocycles. The van der Waals surface area contributed by atoms with E-state index in [2.05, 4.69) is 9.72 Å². The van der Waals surface area contributed by atoms with Gasteiger partial charge in [-0.05, 0) is 25.0 Å². The molecule has 2 heterocycles. The maximum atomic E-state index is 12.0. The number of unbranched alkanes of at least 4 members (excludes halogenated alkanes) is 2. The number of hydrogen-bond acceptors (Lipinski definition) is 5. The number of carbonyl (C=O) groups is 2. The molecule has 1 atom stereocenters. The van der Waals surface area contributed by atoms with E-state index in [0.29, 0.717) is 18.7 Å². The Bertz CT molecular complexity index is 481. The average Bonchev–Trinajstić information content (AvgIpc) is 2.88. The van der Waals surface area contributed by atoms with Crippen molar-refractivity contribution in [1.29, 1.82) is 0 Å². The number of methoxy groups -OCH3 is 1. The second kappa shape index (κ2) is 8.02. The zero-order valence-corrected chi connectivity index (χ0v) is 13.0. The van der Waals surface area contributed by atoms with Gasteiger partial charge >= 0.3 is 5.97 Å². The Balaban J connectivity index is 1.80. The quantitative estimate of drug-likeness (QED) is 0.572. The van der Waals surface area contributed by atoms with Crippen LogP contribution < -0.4 is 0 Å². The number of nitrogens with zero attached hydrogens (tertiary/aromatic N) is 2. The normalized spacial score (nSPS) is 18.0. The van der Waals surface area contributed by atoms with E-state index in [0.717, 1.165) is 25.0 Å². The Labute approximate surface area is 129 Å². The van der Waals surface area contributed by atoms with Crippen molar-refractivity contribution in [2.45, 2.75) is 31.1 Å². The van der Waals surface area contributed by atoms with Crippen molar-refractivity contribution in [2.24, 2.45) is 0 Å². The largest absolute Gasteiger partial charge is 0.469 e. The number of ether oxygens (including phenoxy) is 1. The summed E-state index contributed by atoms with van der Waals surface area (Å²) in [4.78, 5) is 29.2. The molecule has 6 heteroatoms. The molecule has 5 nitrogen and oxygen atoms in total. The molecule has 114 valence electrons. The lowest BCUT2D eigenvalue weighted by molar-refractivity contribution is -0.140. The van der Waals surface area contributed by atoms with Crippen molar-refractivity contribution in [3.05, 3.63) is 30.1 Å². The summed E-state index contributed by atoms with van der Waals surface area (Å²) in [6, 6.07) is 5.78. The summed E-state index contributed by atoms with van der Waals surface area (Å²) in [5, 5.41) is 0.0271. The molecule has 0 aliphatic carbocycles. The summed E-state index contributed by atoms with van der Waals surface area (Å²) in [5.74, 6) is 0.515. The van der Waals surface area contributed by atoms with Gasteiger partial charge in [0.05, 0.1) is 18.6 Å².